The predicted octanol–water partition coefficient (Wildman–Crippen LogP) is -0.890. The summed E-state index contributed by atoms with van der Waals surface area (Å²) in [6, 6.07) is 4.07. The highest BCUT2D eigenvalue weighted by Crippen LogP contribution is 2.13. The first-order valence-corrected chi connectivity index (χ1v) is 9.25. The second-order valence-electron chi connectivity index (χ2n) is 6.68. The van der Waals surface area contributed by atoms with Gasteiger partial charge in [0.1, 0.15) is 24.4 Å². The van der Waals surface area contributed by atoms with Gasteiger partial charge in [-0.05, 0) is 23.6 Å². The third kappa shape index (κ3) is 8.18. The molecule has 160 valence electrons. The number of aliphatic carboxylic acids is 1. The van der Waals surface area contributed by atoms with E-state index in [2.05, 4.69) is 16.0 Å². The number of carboxylic acids is 1. The fourth-order valence-corrected chi connectivity index (χ4v) is 2.56. The third-order valence-corrected chi connectivity index (χ3v) is 4.42. The number of rotatable bonds is 11. The Morgan fingerprint density at radius 2 is 1.69 bits per heavy atom. The van der Waals surface area contributed by atoms with Crippen LogP contribution < -0.4 is 21.7 Å². The highest BCUT2D eigenvalue weighted by atomic mass is 16.4. The number of nitrogens with two attached hydrogens (primary N) is 1. The molecule has 0 saturated heterocycles. The van der Waals surface area contributed by atoms with Crippen molar-refractivity contribution in [2.45, 2.75) is 38.8 Å². The Bertz CT molecular complexity index is 722. The topological polar surface area (TPSA) is 171 Å². The zero-order chi connectivity index (χ0) is 22.0. The molecule has 0 bridgehead atoms. The lowest BCUT2D eigenvalue weighted by Gasteiger charge is -2.26. The Labute approximate surface area is 168 Å². The molecule has 3 amide bonds. The van der Waals surface area contributed by atoms with Crippen LogP contribution in [0.25, 0.3) is 0 Å². The third-order valence-electron chi connectivity index (χ3n) is 4.42. The minimum atomic E-state index is -1.22. The van der Waals surface area contributed by atoms with E-state index in [1.807, 2.05) is 6.92 Å². The molecule has 0 spiro atoms. The molecule has 1 rings (SSSR count). The molecule has 1 aromatic rings. The van der Waals surface area contributed by atoms with Crippen molar-refractivity contribution in [3.05, 3.63) is 29.8 Å². The molecule has 0 aliphatic carbocycles. The molecular weight excluding hydrogens is 380 g/mol. The van der Waals surface area contributed by atoms with E-state index >= 15 is 0 Å². The molecule has 29 heavy (non-hydrogen) atoms. The molecule has 0 unspecified atom stereocenters. The summed E-state index contributed by atoms with van der Waals surface area (Å²) in [4.78, 5) is 47.7. The lowest BCUT2D eigenvalue weighted by Crippen LogP contribution is -2.57. The number of nitrogens with one attached hydrogen (secondary N) is 3. The second-order valence-corrected chi connectivity index (χ2v) is 6.68. The van der Waals surface area contributed by atoms with Gasteiger partial charge in [0, 0.05) is 6.42 Å². The molecule has 0 saturated carbocycles. The van der Waals surface area contributed by atoms with Crippen LogP contribution in [0.15, 0.2) is 24.3 Å². The first-order chi connectivity index (χ1) is 13.7. The maximum Gasteiger partial charge on any atom is 0.322 e. The number of hydrogen-bond acceptors (Lipinski definition) is 6. The van der Waals surface area contributed by atoms with E-state index < -0.39 is 42.3 Å². The Hall–Kier alpha value is -3.14. The number of phenols is 1. The molecule has 0 aromatic heterocycles. The summed E-state index contributed by atoms with van der Waals surface area (Å²) in [5.74, 6) is -3.15. The van der Waals surface area contributed by atoms with Gasteiger partial charge in [-0.1, -0.05) is 32.4 Å². The first-order valence-electron chi connectivity index (χ1n) is 9.25. The fourth-order valence-electron chi connectivity index (χ4n) is 2.56. The predicted molar refractivity (Wildman–Crippen MR) is 105 cm³/mol. The van der Waals surface area contributed by atoms with Gasteiger partial charge in [-0.2, -0.15) is 0 Å². The fraction of sp³-hybridized carbons (Fsp3) is 0.474. The van der Waals surface area contributed by atoms with Crippen molar-refractivity contribution in [3.8, 4) is 5.75 Å². The van der Waals surface area contributed by atoms with Gasteiger partial charge in [-0.25, -0.2) is 0 Å². The Balaban J connectivity index is 3.00. The van der Waals surface area contributed by atoms with Gasteiger partial charge in [0.05, 0.1) is 6.54 Å². The largest absolute Gasteiger partial charge is 0.508 e. The minimum Gasteiger partial charge on any atom is -0.508 e. The van der Waals surface area contributed by atoms with Crippen LogP contribution in [0.5, 0.6) is 5.75 Å². The van der Waals surface area contributed by atoms with Crippen LogP contribution in [0.4, 0.5) is 0 Å². The first kappa shape index (κ1) is 23.9. The van der Waals surface area contributed by atoms with Gasteiger partial charge in [0.15, 0.2) is 0 Å². The lowest BCUT2D eigenvalue weighted by molar-refractivity contribution is -0.138. The Morgan fingerprint density at radius 1 is 1.07 bits per heavy atom. The van der Waals surface area contributed by atoms with Crippen LogP contribution in [0, 0.1) is 5.92 Å². The quantitative estimate of drug-likeness (QED) is 0.276. The number of phenolic OH excluding ortho intramolecular Hbond substituents is 1. The molecule has 7 N–H and O–H groups in total. The molecule has 0 radical (unpaired) electrons. The van der Waals surface area contributed by atoms with Crippen molar-refractivity contribution in [1.29, 1.82) is 0 Å². The van der Waals surface area contributed by atoms with E-state index in [4.69, 9.17) is 10.8 Å². The lowest BCUT2D eigenvalue weighted by atomic mass is 9.97. The summed E-state index contributed by atoms with van der Waals surface area (Å²) in [6.45, 7) is 2.75. The highest BCUT2D eigenvalue weighted by molar-refractivity contribution is 5.93. The van der Waals surface area contributed by atoms with Gasteiger partial charge >= 0.3 is 5.97 Å². The summed E-state index contributed by atoms with van der Waals surface area (Å²) in [5.41, 5.74) is 5.95. The maximum absolute atomic E-state index is 12.8. The van der Waals surface area contributed by atoms with E-state index in [0.29, 0.717) is 12.0 Å². The normalized spacial score (nSPS) is 13.6. The van der Waals surface area contributed by atoms with E-state index in [-0.39, 0.29) is 24.6 Å². The Morgan fingerprint density at radius 3 is 2.21 bits per heavy atom. The molecule has 3 atom stereocenters. The average Bonchev–Trinajstić information content (AvgIpc) is 2.70. The zero-order valence-electron chi connectivity index (χ0n) is 16.5. The molecular formula is C19H28N4O6. The van der Waals surface area contributed by atoms with Gasteiger partial charge < -0.3 is 31.9 Å². The molecule has 1 aromatic carbocycles. The zero-order valence-corrected chi connectivity index (χ0v) is 16.5. The van der Waals surface area contributed by atoms with Crippen molar-refractivity contribution in [2.75, 3.05) is 13.1 Å². The monoisotopic (exact) mass is 408 g/mol. The van der Waals surface area contributed by atoms with Crippen LogP contribution in [0.3, 0.4) is 0 Å². The van der Waals surface area contributed by atoms with Crippen molar-refractivity contribution in [1.82, 2.24) is 16.0 Å². The number of amides is 3. The smallest absolute Gasteiger partial charge is 0.322 e. The average molecular weight is 408 g/mol. The van der Waals surface area contributed by atoms with E-state index in [1.165, 1.54) is 12.1 Å². The van der Waals surface area contributed by atoms with Crippen molar-refractivity contribution >= 4 is 23.7 Å². The number of aromatic hydroxyl groups is 1. The van der Waals surface area contributed by atoms with Crippen LogP contribution in [0.1, 0.15) is 25.8 Å². The van der Waals surface area contributed by atoms with Crippen LogP contribution in [-0.4, -0.2) is 59.1 Å². The van der Waals surface area contributed by atoms with E-state index in [9.17, 15) is 24.3 Å². The summed E-state index contributed by atoms with van der Waals surface area (Å²) in [6.07, 6.45) is 0.659. The summed E-state index contributed by atoms with van der Waals surface area (Å²) < 4.78 is 0. The van der Waals surface area contributed by atoms with Gasteiger partial charge in [0.2, 0.25) is 17.7 Å². The van der Waals surface area contributed by atoms with Crippen LogP contribution in [-0.2, 0) is 25.6 Å². The van der Waals surface area contributed by atoms with Crippen molar-refractivity contribution in [3.63, 3.8) is 0 Å². The molecule has 10 nitrogen and oxygen atoms in total. The van der Waals surface area contributed by atoms with Crippen molar-refractivity contribution < 1.29 is 29.4 Å². The summed E-state index contributed by atoms with van der Waals surface area (Å²) in [5, 5.41) is 25.5. The van der Waals surface area contributed by atoms with E-state index in [0.717, 1.165) is 0 Å². The SMILES string of the molecule is CC[C@H](C)[C@H](NC(=O)CN)C(=O)N[C@@H](Cc1ccc(O)cc1)C(=O)NCC(=O)O. The standard InChI is InChI=1S/C19H28N4O6/c1-3-11(2)17(23-15(25)9-20)19(29)22-14(18(28)21-10-16(26)27)8-12-4-6-13(24)7-5-12/h4-7,11,14,17,24H,3,8-10,20H2,1-2H3,(H,21,28)(H,22,29)(H,23,25)(H,26,27)/t11-,14-,17-/m0/s1. The molecule has 0 aliphatic rings. The minimum absolute atomic E-state index is 0.0472. The van der Waals surface area contributed by atoms with Crippen LogP contribution in [0.2, 0.25) is 0 Å². The van der Waals surface area contributed by atoms with Gasteiger partial charge in [-0.15, -0.1) is 0 Å². The van der Waals surface area contributed by atoms with Crippen LogP contribution >= 0.6 is 0 Å². The number of carbonyl (C=O) groups excluding carboxylic acids is 3. The van der Waals surface area contributed by atoms with Gasteiger partial charge in [-0.3, -0.25) is 19.2 Å². The maximum atomic E-state index is 12.8. The van der Waals surface area contributed by atoms with Gasteiger partial charge in [0.25, 0.3) is 0 Å². The number of benzene rings is 1. The highest BCUT2D eigenvalue weighted by Gasteiger charge is 2.29. The van der Waals surface area contributed by atoms with E-state index in [1.54, 1.807) is 19.1 Å². The molecule has 10 heteroatoms. The van der Waals surface area contributed by atoms with Crippen molar-refractivity contribution in [2.24, 2.45) is 11.7 Å². The number of carboxylic acid groups (broad SMARTS) is 1. The number of hydrogen-bond donors (Lipinski definition) is 6. The number of carbonyl (C=O) groups is 4. The summed E-state index contributed by atoms with van der Waals surface area (Å²) in [7, 11) is 0. The molecule has 0 heterocycles. The molecule has 0 fully saturated rings. The summed E-state index contributed by atoms with van der Waals surface area (Å²) >= 11 is 0. The second kappa shape index (κ2) is 11.6. The Kier molecular flexibility index (Phi) is 9.60. The molecule has 0 aliphatic heterocycles.